The minimum atomic E-state index is 0.563. The number of ether oxygens (including phenoxy) is 1. The minimum Gasteiger partial charge on any atom is -0.378 e. The zero-order valence-corrected chi connectivity index (χ0v) is 9.68. The Morgan fingerprint density at radius 3 is 2.50 bits per heavy atom. The van der Waals surface area contributed by atoms with Gasteiger partial charge in [0.1, 0.15) is 0 Å². The van der Waals surface area contributed by atoms with Crippen molar-refractivity contribution in [1.82, 2.24) is 5.32 Å². The van der Waals surface area contributed by atoms with E-state index in [-0.39, 0.29) is 0 Å². The van der Waals surface area contributed by atoms with Gasteiger partial charge >= 0.3 is 0 Å². The van der Waals surface area contributed by atoms with Crippen molar-refractivity contribution >= 4 is 0 Å². The molecule has 14 heavy (non-hydrogen) atoms. The van der Waals surface area contributed by atoms with Crippen LogP contribution in [-0.2, 0) is 4.74 Å². The standard InChI is InChI=1S/C12H23NO/c1-9-6-12(2,3)5-4-11(9)13-10-7-14-8-10/h9-11,13H,4-8H2,1-3H3. The Morgan fingerprint density at radius 2 is 2.00 bits per heavy atom. The molecule has 2 nitrogen and oxygen atoms in total. The van der Waals surface area contributed by atoms with Gasteiger partial charge in [0.25, 0.3) is 0 Å². The van der Waals surface area contributed by atoms with E-state index in [1.807, 2.05) is 0 Å². The summed E-state index contributed by atoms with van der Waals surface area (Å²) >= 11 is 0. The molecule has 0 bridgehead atoms. The Bertz CT molecular complexity index is 198. The lowest BCUT2D eigenvalue weighted by molar-refractivity contribution is -0.0187. The van der Waals surface area contributed by atoms with Crippen LogP contribution in [0.3, 0.4) is 0 Å². The summed E-state index contributed by atoms with van der Waals surface area (Å²) in [4.78, 5) is 0. The van der Waals surface area contributed by atoms with Crippen molar-refractivity contribution in [2.75, 3.05) is 13.2 Å². The van der Waals surface area contributed by atoms with Gasteiger partial charge < -0.3 is 10.1 Å². The van der Waals surface area contributed by atoms with Gasteiger partial charge in [-0.15, -0.1) is 0 Å². The number of hydrogen-bond donors (Lipinski definition) is 1. The molecule has 82 valence electrons. The lowest BCUT2D eigenvalue weighted by Crippen LogP contribution is -2.53. The molecule has 1 heterocycles. The quantitative estimate of drug-likeness (QED) is 0.732. The van der Waals surface area contributed by atoms with Crippen molar-refractivity contribution in [3.63, 3.8) is 0 Å². The van der Waals surface area contributed by atoms with Crippen molar-refractivity contribution in [1.29, 1.82) is 0 Å². The van der Waals surface area contributed by atoms with Crippen molar-refractivity contribution in [2.45, 2.75) is 52.1 Å². The number of rotatable bonds is 2. The Morgan fingerprint density at radius 1 is 1.29 bits per heavy atom. The summed E-state index contributed by atoms with van der Waals surface area (Å²) in [5.74, 6) is 0.819. The molecule has 0 spiro atoms. The van der Waals surface area contributed by atoms with Gasteiger partial charge in [0.05, 0.1) is 19.3 Å². The fraction of sp³-hybridized carbons (Fsp3) is 1.00. The van der Waals surface area contributed by atoms with E-state index in [0.29, 0.717) is 11.5 Å². The first-order chi connectivity index (χ1) is 6.57. The van der Waals surface area contributed by atoms with Crippen LogP contribution in [-0.4, -0.2) is 25.3 Å². The smallest absolute Gasteiger partial charge is 0.0643 e. The fourth-order valence-corrected chi connectivity index (χ4v) is 2.83. The second-order valence-electron chi connectivity index (χ2n) is 5.89. The topological polar surface area (TPSA) is 21.3 Å². The SMILES string of the molecule is CC1CC(C)(C)CCC1NC1COC1. The largest absolute Gasteiger partial charge is 0.378 e. The maximum atomic E-state index is 5.19. The van der Waals surface area contributed by atoms with E-state index >= 15 is 0 Å². The van der Waals surface area contributed by atoms with Gasteiger partial charge in [-0.2, -0.15) is 0 Å². The molecule has 2 rings (SSSR count). The Labute approximate surface area is 87.4 Å². The third kappa shape index (κ3) is 2.29. The van der Waals surface area contributed by atoms with E-state index < -0.39 is 0 Å². The molecule has 2 unspecified atom stereocenters. The zero-order valence-electron chi connectivity index (χ0n) is 9.68. The van der Waals surface area contributed by atoms with Gasteiger partial charge in [-0.25, -0.2) is 0 Å². The summed E-state index contributed by atoms with van der Waals surface area (Å²) < 4.78 is 5.19. The zero-order chi connectivity index (χ0) is 10.2. The van der Waals surface area contributed by atoms with Crippen LogP contribution in [0.2, 0.25) is 0 Å². The summed E-state index contributed by atoms with van der Waals surface area (Å²) in [6.45, 7) is 9.02. The fourth-order valence-electron chi connectivity index (χ4n) is 2.83. The van der Waals surface area contributed by atoms with Crippen molar-refractivity contribution in [3.8, 4) is 0 Å². The molecule has 0 aromatic rings. The van der Waals surface area contributed by atoms with Crippen molar-refractivity contribution < 1.29 is 4.74 Å². The molecule has 2 atom stereocenters. The van der Waals surface area contributed by atoms with Crippen LogP contribution in [0.25, 0.3) is 0 Å². The molecule has 0 amide bonds. The highest BCUT2D eigenvalue weighted by Gasteiger charge is 2.34. The molecule has 1 saturated carbocycles. The lowest BCUT2D eigenvalue weighted by atomic mass is 9.70. The first-order valence-corrected chi connectivity index (χ1v) is 5.91. The number of nitrogens with one attached hydrogen (secondary N) is 1. The Balaban J connectivity index is 1.82. The maximum absolute atomic E-state index is 5.19. The Hall–Kier alpha value is -0.0800. The molecule has 1 aliphatic carbocycles. The minimum absolute atomic E-state index is 0.563. The molecule has 2 fully saturated rings. The van der Waals surface area contributed by atoms with E-state index in [9.17, 15) is 0 Å². The Kier molecular flexibility index (Phi) is 2.85. The third-order valence-electron chi connectivity index (χ3n) is 3.78. The van der Waals surface area contributed by atoms with Crippen LogP contribution in [0.4, 0.5) is 0 Å². The van der Waals surface area contributed by atoms with E-state index in [2.05, 4.69) is 26.1 Å². The molecule has 1 aliphatic heterocycles. The monoisotopic (exact) mass is 197 g/mol. The third-order valence-corrected chi connectivity index (χ3v) is 3.78. The van der Waals surface area contributed by atoms with Crippen molar-refractivity contribution in [2.24, 2.45) is 11.3 Å². The van der Waals surface area contributed by atoms with Crippen LogP contribution < -0.4 is 5.32 Å². The summed E-state index contributed by atoms with van der Waals surface area (Å²) in [7, 11) is 0. The van der Waals surface area contributed by atoms with Crippen molar-refractivity contribution in [3.05, 3.63) is 0 Å². The first kappa shape index (κ1) is 10.4. The molecule has 1 saturated heterocycles. The van der Waals surface area contributed by atoms with E-state index in [0.717, 1.165) is 25.2 Å². The van der Waals surface area contributed by atoms with E-state index in [4.69, 9.17) is 4.74 Å². The highest BCUT2D eigenvalue weighted by molar-refractivity contribution is 4.89. The highest BCUT2D eigenvalue weighted by Crippen LogP contribution is 2.38. The predicted molar refractivity (Wildman–Crippen MR) is 58.3 cm³/mol. The highest BCUT2D eigenvalue weighted by atomic mass is 16.5. The average Bonchev–Trinajstić information content (AvgIpc) is 1.98. The van der Waals surface area contributed by atoms with Gasteiger partial charge in [-0.05, 0) is 30.6 Å². The second kappa shape index (κ2) is 3.82. The maximum Gasteiger partial charge on any atom is 0.0643 e. The van der Waals surface area contributed by atoms with Gasteiger partial charge in [-0.1, -0.05) is 20.8 Å². The summed E-state index contributed by atoms with van der Waals surface area (Å²) in [5.41, 5.74) is 0.563. The van der Waals surface area contributed by atoms with Crippen LogP contribution in [0, 0.1) is 11.3 Å². The van der Waals surface area contributed by atoms with Crippen LogP contribution >= 0.6 is 0 Å². The molecule has 1 N–H and O–H groups in total. The van der Waals surface area contributed by atoms with Gasteiger partial charge in [0, 0.05) is 6.04 Å². The molecular formula is C12H23NO. The van der Waals surface area contributed by atoms with E-state index in [1.54, 1.807) is 0 Å². The van der Waals surface area contributed by atoms with Gasteiger partial charge in [0.2, 0.25) is 0 Å². The molecule has 0 aromatic carbocycles. The average molecular weight is 197 g/mol. The molecule has 0 radical (unpaired) electrons. The second-order valence-corrected chi connectivity index (χ2v) is 5.89. The first-order valence-electron chi connectivity index (χ1n) is 5.91. The molecule has 0 aromatic heterocycles. The molecule has 2 heteroatoms. The molecule has 2 aliphatic rings. The summed E-state index contributed by atoms with van der Waals surface area (Å²) in [5, 5.41) is 3.72. The molecular weight excluding hydrogens is 174 g/mol. The normalized spacial score (nSPS) is 37.9. The predicted octanol–water partition coefficient (Wildman–Crippen LogP) is 2.19. The van der Waals surface area contributed by atoms with E-state index in [1.165, 1.54) is 19.3 Å². The lowest BCUT2D eigenvalue weighted by Gasteiger charge is -2.42. The van der Waals surface area contributed by atoms with Gasteiger partial charge in [0.15, 0.2) is 0 Å². The summed E-state index contributed by atoms with van der Waals surface area (Å²) in [6.07, 6.45) is 4.06. The van der Waals surface area contributed by atoms with Crippen LogP contribution in [0.15, 0.2) is 0 Å². The van der Waals surface area contributed by atoms with Crippen LogP contribution in [0.1, 0.15) is 40.0 Å². The number of hydrogen-bond acceptors (Lipinski definition) is 2. The van der Waals surface area contributed by atoms with Gasteiger partial charge in [-0.3, -0.25) is 0 Å². The van der Waals surface area contributed by atoms with Crippen LogP contribution in [0.5, 0.6) is 0 Å². The summed E-state index contributed by atoms with van der Waals surface area (Å²) in [6, 6.07) is 1.38.